The summed E-state index contributed by atoms with van der Waals surface area (Å²) in [5, 5.41) is 45.4. The van der Waals surface area contributed by atoms with E-state index in [1.54, 1.807) is 0 Å². The van der Waals surface area contributed by atoms with Crippen LogP contribution in [0.25, 0.3) is 10.4 Å². The highest BCUT2D eigenvalue weighted by Crippen LogP contribution is 2.68. The van der Waals surface area contributed by atoms with Gasteiger partial charge in [0.2, 0.25) is 0 Å². The minimum absolute atomic E-state index is 0.0957. The third-order valence-corrected chi connectivity index (χ3v) is 11.1. The number of carboxylic acid groups (broad SMARTS) is 1. The van der Waals surface area contributed by atoms with E-state index in [1.807, 2.05) is 0 Å². The van der Waals surface area contributed by atoms with Gasteiger partial charge in [0.25, 0.3) is 0 Å². The van der Waals surface area contributed by atoms with Crippen LogP contribution in [0.2, 0.25) is 0 Å². The molecular formula is C28H50N4O5. The first-order valence-corrected chi connectivity index (χ1v) is 14.5. The van der Waals surface area contributed by atoms with Crippen LogP contribution in [0.3, 0.4) is 0 Å². The average molecular weight is 523 g/mol. The number of aliphatic carboxylic acids is 1. The van der Waals surface area contributed by atoms with E-state index in [9.17, 15) is 20.1 Å². The predicted molar refractivity (Wildman–Crippen MR) is 142 cm³/mol. The Balaban J connectivity index is 0.000000414. The van der Waals surface area contributed by atoms with E-state index >= 15 is 0 Å². The van der Waals surface area contributed by atoms with Crippen LogP contribution in [0.4, 0.5) is 0 Å². The van der Waals surface area contributed by atoms with Gasteiger partial charge in [-0.05, 0) is 123 Å². The molecule has 9 heteroatoms. The van der Waals surface area contributed by atoms with E-state index < -0.39 is 12.1 Å². The van der Waals surface area contributed by atoms with E-state index in [1.165, 1.54) is 0 Å². The van der Waals surface area contributed by atoms with Gasteiger partial charge in [0, 0.05) is 17.9 Å². The summed E-state index contributed by atoms with van der Waals surface area (Å²) in [4.78, 5) is 13.7. The van der Waals surface area contributed by atoms with Crippen molar-refractivity contribution in [3.63, 3.8) is 0 Å². The summed E-state index contributed by atoms with van der Waals surface area (Å²) in [5.74, 6) is 0.997. The lowest BCUT2D eigenvalue weighted by atomic mass is 9.43. The maximum absolute atomic E-state index is 11.5. The first-order chi connectivity index (χ1) is 17.5. The number of fused-ring (bicyclic) bond motifs is 5. The van der Waals surface area contributed by atoms with Crippen molar-refractivity contribution in [3.8, 4) is 0 Å². The van der Waals surface area contributed by atoms with Gasteiger partial charge in [0.1, 0.15) is 0 Å². The Morgan fingerprint density at radius 2 is 1.84 bits per heavy atom. The summed E-state index contributed by atoms with van der Waals surface area (Å²) in [6.07, 6.45) is 7.85. The summed E-state index contributed by atoms with van der Waals surface area (Å²) in [5.41, 5.74) is 12.8. The first-order valence-electron chi connectivity index (χ1n) is 14.5. The Morgan fingerprint density at radius 3 is 2.49 bits per heavy atom. The Labute approximate surface area is 221 Å². The zero-order chi connectivity index (χ0) is 27.4. The standard InChI is InChI=1S/C24H40O5.C4H10N4/c1-13(4-7-21(28)29)16-5-6-17-22-18(12-20(27)24(16,17)3)23(2)9-8-15(25)10-14(23)11-19(22)26;5-3-1-2-4-7-8-6/h13-20,22,25-27H,4-12H2,1-3H3,(H,28,29);1-5H2/t13-,14+,15-,16-,17+,18+,19-,20+,22+,23+,24-;/m1./s1. The molecule has 4 rings (SSSR count). The Morgan fingerprint density at radius 1 is 1.11 bits per heavy atom. The van der Waals surface area contributed by atoms with Gasteiger partial charge in [0.15, 0.2) is 0 Å². The molecule has 0 aromatic heterocycles. The number of hydrogen-bond donors (Lipinski definition) is 5. The second-order valence-corrected chi connectivity index (χ2v) is 12.9. The number of nitrogens with two attached hydrogens (primary N) is 1. The molecule has 0 heterocycles. The number of unbranched alkanes of at least 4 members (excludes halogenated alkanes) is 1. The number of nitrogens with zero attached hydrogens (tertiary/aromatic N) is 3. The van der Waals surface area contributed by atoms with Crippen LogP contribution in [0.1, 0.15) is 91.4 Å². The maximum Gasteiger partial charge on any atom is 0.303 e. The van der Waals surface area contributed by atoms with Gasteiger partial charge in [-0.2, -0.15) is 0 Å². The van der Waals surface area contributed by atoms with Crippen molar-refractivity contribution in [2.75, 3.05) is 13.1 Å². The van der Waals surface area contributed by atoms with Crippen molar-refractivity contribution >= 4 is 5.97 Å². The molecule has 0 aromatic carbocycles. The molecular weight excluding hydrogens is 472 g/mol. The van der Waals surface area contributed by atoms with Crippen molar-refractivity contribution < 1.29 is 25.2 Å². The van der Waals surface area contributed by atoms with Crippen LogP contribution in [-0.2, 0) is 4.79 Å². The van der Waals surface area contributed by atoms with Gasteiger partial charge >= 0.3 is 5.97 Å². The number of azide groups is 1. The number of rotatable bonds is 8. The zero-order valence-corrected chi connectivity index (χ0v) is 23.0. The minimum atomic E-state index is -0.748. The molecule has 4 saturated carbocycles. The lowest BCUT2D eigenvalue weighted by molar-refractivity contribution is -0.207. The molecule has 4 aliphatic rings. The zero-order valence-electron chi connectivity index (χ0n) is 23.0. The van der Waals surface area contributed by atoms with Gasteiger partial charge in [-0.1, -0.05) is 25.9 Å². The van der Waals surface area contributed by atoms with Crippen molar-refractivity contribution in [2.24, 2.45) is 57.2 Å². The topological polar surface area (TPSA) is 173 Å². The van der Waals surface area contributed by atoms with Gasteiger partial charge in [-0.15, -0.1) is 0 Å². The molecule has 37 heavy (non-hydrogen) atoms. The Kier molecular flexibility index (Phi) is 10.3. The number of carboxylic acids is 1. The highest BCUT2D eigenvalue weighted by molar-refractivity contribution is 5.66. The Hall–Kier alpha value is -1.38. The molecule has 11 atom stereocenters. The molecule has 0 aromatic rings. The van der Waals surface area contributed by atoms with Crippen molar-refractivity contribution in [1.82, 2.24) is 0 Å². The number of hydrogen-bond acceptors (Lipinski definition) is 6. The molecule has 0 radical (unpaired) electrons. The van der Waals surface area contributed by atoms with E-state index in [4.69, 9.17) is 16.4 Å². The molecule has 9 nitrogen and oxygen atoms in total. The predicted octanol–water partition coefficient (Wildman–Crippen LogP) is 4.48. The maximum atomic E-state index is 11.5. The van der Waals surface area contributed by atoms with Crippen LogP contribution in [-0.4, -0.2) is 57.8 Å². The van der Waals surface area contributed by atoms with Crippen LogP contribution in [0.5, 0.6) is 0 Å². The average Bonchev–Trinajstić information content (AvgIpc) is 3.21. The molecule has 212 valence electrons. The van der Waals surface area contributed by atoms with E-state index in [0.29, 0.717) is 43.2 Å². The normalized spacial score (nSPS) is 43.2. The summed E-state index contributed by atoms with van der Waals surface area (Å²) < 4.78 is 0. The molecule has 0 aliphatic heterocycles. The molecule has 0 bridgehead atoms. The van der Waals surface area contributed by atoms with Crippen LogP contribution < -0.4 is 5.73 Å². The molecule has 0 unspecified atom stereocenters. The Bertz CT molecular complexity index is 822. The van der Waals surface area contributed by atoms with Gasteiger partial charge in [0.05, 0.1) is 18.3 Å². The van der Waals surface area contributed by atoms with Crippen molar-refractivity contribution in [1.29, 1.82) is 0 Å². The molecule has 4 fully saturated rings. The van der Waals surface area contributed by atoms with Crippen LogP contribution >= 0.6 is 0 Å². The lowest BCUT2D eigenvalue weighted by Gasteiger charge is -2.63. The highest BCUT2D eigenvalue weighted by atomic mass is 16.4. The summed E-state index contributed by atoms with van der Waals surface area (Å²) >= 11 is 0. The first kappa shape index (κ1) is 30.2. The molecule has 0 spiro atoms. The molecule has 4 aliphatic carbocycles. The summed E-state index contributed by atoms with van der Waals surface area (Å²) in [6.45, 7) is 7.98. The fraction of sp³-hybridized carbons (Fsp3) is 0.964. The second-order valence-electron chi connectivity index (χ2n) is 12.9. The van der Waals surface area contributed by atoms with E-state index in [2.05, 4.69) is 30.8 Å². The lowest BCUT2D eigenvalue weighted by Crippen LogP contribution is -2.62. The third kappa shape index (κ3) is 6.11. The van der Waals surface area contributed by atoms with Gasteiger partial charge in [-0.25, -0.2) is 0 Å². The molecule has 0 saturated heterocycles. The van der Waals surface area contributed by atoms with Crippen molar-refractivity contribution in [2.45, 2.75) is 110 Å². The largest absolute Gasteiger partial charge is 0.481 e. The number of aliphatic hydroxyl groups is 3. The summed E-state index contributed by atoms with van der Waals surface area (Å²) in [7, 11) is 0. The smallest absolute Gasteiger partial charge is 0.303 e. The fourth-order valence-corrected chi connectivity index (χ4v) is 9.06. The highest BCUT2D eigenvalue weighted by Gasteiger charge is 2.65. The third-order valence-electron chi connectivity index (χ3n) is 11.1. The second kappa shape index (κ2) is 12.6. The van der Waals surface area contributed by atoms with Crippen LogP contribution in [0, 0.1) is 46.3 Å². The fourth-order valence-electron chi connectivity index (χ4n) is 9.06. The molecule has 6 N–H and O–H groups in total. The quantitative estimate of drug-likeness (QED) is 0.136. The summed E-state index contributed by atoms with van der Waals surface area (Å²) in [6, 6.07) is 0. The monoisotopic (exact) mass is 522 g/mol. The van der Waals surface area contributed by atoms with Gasteiger partial charge in [-0.3, -0.25) is 4.79 Å². The minimum Gasteiger partial charge on any atom is -0.481 e. The van der Waals surface area contributed by atoms with Gasteiger partial charge < -0.3 is 26.2 Å². The SMILES string of the molecule is C[C@H](CCC(=O)O)[C@H]1CC[C@H]2[C@@H]3[C@H](O)C[C@@H]4C[C@H](O)CC[C@]4(C)[C@H]3C[C@H](O)[C@]12C.[N-]=[N+]=NCCCCN. The van der Waals surface area contributed by atoms with Crippen LogP contribution in [0.15, 0.2) is 5.11 Å². The number of carbonyl (C=O) groups is 1. The number of aliphatic hydroxyl groups excluding tert-OH is 3. The van der Waals surface area contributed by atoms with E-state index in [0.717, 1.165) is 57.8 Å². The van der Waals surface area contributed by atoms with Crippen molar-refractivity contribution in [3.05, 3.63) is 10.4 Å². The molecule has 0 amide bonds. The van der Waals surface area contributed by atoms with E-state index in [-0.39, 0.29) is 41.3 Å².